The third-order valence-electron chi connectivity index (χ3n) is 4.37. The maximum Gasteiger partial charge on any atom is 0.271 e. The van der Waals surface area contributed by atoms with E-state index in [1.54, 1.807) is 18.2 Å². The van der Waals surface area contributed by atoms with Crippen molar-refractivity contribution in [1.82, 2.24) is 25.0 Å². The predicted molar refractivity (Wildman–Crippen MR) is 99.8 cm³/mol. The number of nitrogens with zero attached hydrogens (tertiary/aromatic N) is 3. The van der Waals surface area contributed by atoms with Gasteiger partial charge in [0, 0.05) is 12.6 Å². The average Bonchev–Trinajstić information content (AvgIpc) is 3.31. The number of nitrogens with one attached hydrogen (secondary N) is 2. The van der Waals surface area contributed by atoms with Gasteiger partial charge in [0.05, 0.1) is 6.26 Å². The molecule has 9 nitrogen and oxygen atoms in total. The molecule has 0 bridgehead atoms. The number of halogens is 1. The molecule has 1 aliphatic heterocycles. The molecule has 1 unspecified atom stereocenters. The maximum atomic E-state index is 12.9. The summed E-state index contributed by atoms with van der Waals surface area (Å²) in [5, 5.41) is 6.27. The normalized spacial score (nSPS) is 16.7. The Kier molecular flexibility index (Phi) is 5.43. The molecule has 0 aromatic carbocycles. The summed E-state index contributed by atoms with van der Waals surface area (Å²) in [5.74, 6) is -0.496. The standard InChI is InChI=1S/C17H18N6O3.ClH/c18-15(24)14-16-22-11(13-4-2-6-26-13)7-12(23(16)9-20-14)17(25)21-10-3-1-5-19-8-10;/h2,4,6-7,9-10,19H,1,3,5,8H2,(H2,18,24)(H,21,25);1H. The molecule has 1 aliphatic rings. The molecule has 3 aromatic rings. The molecule has 10 heteroatoms. The highest BCUT2D eigenvalue weighted by molar-refractivity contribution is 5.99. The Bertz CT molecular complexity index is 963. The van der Waals surface area contributed by atoms with Gasteiger partial charge in [-0.3, -0.25) is 14.0 Å². The zero-order valence-electron chi connectivity index (χ0n) is 14.3. The zero-order chi connectivity index (χ0) is 18.1. The summed E-state index contributed by atoms with van der Waals surface area (Å²) in [7, 11) is 0. The molecule has 4 rings (SSSR count). The van der Waals surface area contributed by atoms with Crippen molar-refractivity contribution in [3.63, 3.8) is 0 Å². The topological polar surface area (TPSA) is 128 Å². The van der Waals surface area contributed by atoms with Crippen LogP contribution in [0.3, 0.4) is 0 Å². The number of hydrogen-bond acceptors (Lipinski definition) is 6. The molecular formula is C17H19ClN6O3. The Morgan fingerprint density at radius 1 is 1.41 bits per heavy atom. The lowest BCUT2D eigenvalue weighted by molar-refractivity contribution is 0.0923. The van der Waals surface area contributed by atoms with E-state index in [2.05, 4.69) is 20.6 Å². The third-order valence-corrected chi connectivity index (χ3v) is 4.37. The van der Waals surface area contributed by atoms with E-state index in [0.717, 1.165) is 25.9 Å². The van der Waals surface area contributed by atoms with Gasteiger partial charge in [0.2, 0.25) is 0 Å². The minimum atomic E-state index is -0.709. The van der Waals surface area contributed by atoms with Gasteiger partial charge in [0.25, 0.3) is 11.8 Å². The molecule has 0 spiro atoms. The fraction of sp³-hybridized carbons (Fsp3) is 0.294. The van der Waals surface area contributed by atoms with Crippen molar-refractivity contribution in [3.8, 4) is 11.5 Å². The number of carbonyl (C=O) groups excluding carboxylic acids is 2. The number of rotatable bonds is 4. The van der Waals surface area contributed by atoms with Gasteiger partial charge < -0.3 is 20.8 Å². The van der Waals surface area contributed by atoms with Crippen molar-refractivity contribution in [2.45, 2.75) is 18.9 Å². The average molecular weight is 391 g/mol. The van der Waals surface area contributed by atoms with Crippen LogP contribution in [-0.2, 0) is 0 Å². The van der Waals surface area contributed by atoms with E-state index in [-0.39, 0.29) is 35.7 Å². The van der Waals surface area contributed by atoms with Crippen molar-refractivity contribution in [2.75, 3.05) is 13.1 Å². The predicted octanol–water partition coefficient (Wildman–Crippen LogP) is 0.992. The van der Waals surface area contributed by atoms with Gasteiger partial charge in [0.15, 0.2) is 17.1 Å². The Labute approximate surface area is 160 Å². The minimum absolute atomic E-state index is 0. The second kappa shape index (κ2) is 7.77. The van der Waals surface area contributed by atoms with Gasteiger partial charge in [-0.2, -0.15) is 0 Å². The van der Waals surface area contributed by atoms with Crippen LogP contribution in [0.2, 0.25) is 0 Å². The van der Waals surface area contributed by atoms with Gasteiger partial charge in [-0.05, 0) is 37.6 Å². The number of furan rings is 1. The highest BCUT2D eigenvalue weighted by Crippen LogP contribution is 2.22. The lowest BCUT2D eigenvalue weighted by Crippen LogP contribution is -2.46. The van der Waals surface area contributed by atoms with Gasteiger partial charge in [-0.1, -0.05) is 0 Å². The molecule has 142 valence electrons. The van der Waals surface area contributed by atoms with Crippen molar-refractivity contribution < 1.29 is 14.0 Å². The van der Waals surface area contributed by atoms with E-state index in [1.807, 2.05) is 0 Å². The summed E-state index contributed by atoms with van der Waals surface area (Å²) < 4.78 is 6.85. The number of nitrogens with two attached hydrogens (primary N) is 1. The van der Waals surface area contributed by atoms with Gasteiger partial charge in [0.1, 0.15) is 17.7 Å². The lowest BCUT2D eigenvalue weighted by atomic mass is 10.1. The minimum Gasteiger partial charge on any atom is -0.463 e. The molecule has 2 amide bonds. The molecule has 0 aliphatic carbocycles. The first-order valence-corrected chi connectivity index (χ1v) is 8.37. The SMILES string of the molecule is Cl.NC(=O)c1ncn2c(C(=O)NC3CCCNC3)cc(-c3ccco3)nc12. The van der Waals surface area contributed by atoms with Crippen LogP contribution in [0.15, 0.2) is 35.2 Å². The van der Waals surface area contributed by atoms with E-state index in [9.17, 15) is 9.59 Å². The number of carbonyl (C=O) groups is 2. The van der Waals surface area contributed by atoms with Crippen LogP contribution in [-0.4, -0.2) is 45.3 Å². The van der Waals surface area contributed by atoms with Crippen molar-refractivity contribution in [1.29, 1.82) is 0 Å². The molecule has 4 N–H and O–H groups in total. The second-order valence-electron chi connectivity index (χ2n) is 6.17. The van der Waals surface area contributed by atoms with Crippen LogP contribution >= 0.6 is 12.4 Å². The van der Waals surface area contributed by atoms with Crippen LogP contribution < -0.4 is 16.4 Å². The van der Waals surface area contributed by atoms with Gasteiger partial charge in [-0.25, -0.2) is 9.97 Å². The Morgan fingerprint density at radius 2 is 2.26 bits per heavy atom. The highest BCUT2D eigenvalue weighted by Gasteiger charge is 2.22. The summed E-state index contributed by atoms with van der Waals surface area (Å²) >= 11 is 0. The van der Waals surface area contributed by atoms with E-state index in [0.29, 0.717) is 17.1 Å². The summed E-state index contributed by atoms with van der Waals surface area (Å²) in [4.78, 5) is 32.9. The molecular weight excluding hydrogens is 372 g/mol. The molecule has 1 fully saturated rings. The molecule has 4 heterocycles. The molecule has 0 radical (unpaired) electrons. The summed E-state index contributed by atoms with van der Waals surface area (Å²) in [6.45, 7) is 1.68. The van der Waals surface area contributed by atoms with E-state index >= 15 is 0 Å². The fourth-order valence-electron chi connectivity index (χ4n) is 3.10. The van der Waals surface area contributed by atoms with Gasteiger partial charge >= 0.3 is 0 Å². The first-order valence-electron chi connectivity index (χ1n) is 8.37. The number of hydrogen-bond donors (Lipinski definition) is 3. The van der Waals surface area contributed by atoms with Crippen molar-refractivity contribution >= 4 is 29.9 Å². The van der Waals surface area contributed by atoms with Crippen molar-refractivity contribution in [2.24, 2.45) is 5.73 Å². The molecule has 1 atom stereocenters. The van der Waals surface area contributed by atoms with Gasteiger partial charge in [-0.15, -0.1) is 12.4 Å². The van der Waals surface area contributed by atoms with E-state index in [1.165, 1.54) is 17.0 Å². The molecule has 1 saturated heterocycles. The zero-order valence-corrected chi connectivity index (χ0v) is 15.2. The smallest absolute Gasteiger partial charge is 0.271 e. The third kappa shape index (κ3) is 3.64. The highest BCUT2D eigenvalue weighted by atomic mass is 35.5. The van der Waals surface area contributed by atoms with Crippen LogP contribution in [0.25, 0.3) is 17.1 Å². The number of piperidine rings is 1. The number of fused-ring (bicyclic) bond motifs is 1. The monoisotopic (exact) mass is 390 g/mol. The van der Waals surface area contributed by atoms with Crippen LogP contribution in [0, 0.1) is 0 Å². The first kappa shape index (κ1) is 18.9. The summed E-state index contributed by atoms with van der Waals surface area (Å²) in [5.41, 5.74) is 6.35. The van der Waals surface area contributed by atoms with Crippen LogP contribution in [0.1, 0.15) is 33.8 Å². The lowest BCUT2D eigenvalue weighted by Gasteiger charge is -2.24. The number of aromatic nitrogens is 3. The number of amides is 2. The second-order valence-corrected chi connectivity index (χ2v) is 6.17. The maximum absolute atomic E-state index is 12.9. The number of imidazole rings is 1. The Morgan fingerprint density at radius 3 is 2.93 bits per heavy atom. The van der Waals surface area contributed by atoms with Crippen molar-refractivity contribution in [3.05, 3.63) is 42.2 Å². The summed E-state index contributed by atoms with van der Waals surface area (Å²) in [6.07, 6.45) is 4.81. The number of primary amides is 1. The Balaban J connectivity index is 0.00000210. The summed E-state index contributed by atoms with van der Waals surface area (Å²) in [6, 6.07) is 5.11. The quantitative estimate of drug-likeness (QED) is 0.609. The fourth-order valence-corrected chi connectivity index (χ4v) is 3.10. The van der Waals surface area contributed by atoms with Crippen LogP contribution in [0.4, 0.5) is 0 Å². The van der Waals surface area contributed by atoms with E-state index in [4.69, 9.17) is 10.2 Å². The largest absolute Gasteiger partial charge is 0.463 e. The molecule has 27 heavy (non-hydrogen) atoms. The first-order chi connectivity index (χ1) is 12.6. The van der Waals surface area contributed by atoms with E-state index < -0.39 is 5.91 Å². The Hall–Kier alpha value is -2.91. The molecule has 0 saturated carbocycles. The molecule has 3 aromatic heterocycles. The van der Waals surface area contributed by atoms with Crippen LogP contribution in [0.5, 0.6) is 0 Å².